The molecular weight excluding hydrogens is 204 g/mol. The quantitative estimate of drug-likeness (QED) is 0.857. The lowest BCUT2D eigenvalue weighted by Gasteiger charge is -2.40. The molecule has 1 aliphatic carbocycles. The van der Waals surface area contributed by atoms with Gasteiger partial charge in [-0.15, -0.1) is 11.3 Å². The van der Waals surface area contributed by atoms with Gasteiger partial charge in [0, 0.05) is 23.5 Å². The van der Waals surface area contributed by atoms with Crippen molar-refractivity contribution in [3.05, 3.63) is 16.6 Å². The molecule has 1 aliphatic rings. The number of nitrogens with two attached hydrogens (primary N) is 1. The van der Waals surface area contributed by atoms with E-state index >= 15 is 0 Å². The third-order valence-electron chi connectivity index (χ3n) is 3.71. The molecule has 0 saturated heterocycles. The van der Waals surface area contributed by atoms with E-state index < -0.39 is 0 Å². The summed E-state index contributed by atoms with van der Waals surface area (Å²) in [5, 5.41) is 3.25. The average Bonchev–Trinajstić information content (AvgIpc) is 2.70. The van der Waals surface area contributed by atoms with Crippen molar-refractivity contribution in [1.29, 1.82) is 0 Å². The molecule has 1 fully saturated rings. The summed E-state index contributed by atoms with van der Waals surface area (Å²) < 4.78 is 0. The second-order valence-corrected chi connectivity index (χ2v) is 5.67. The van der Waals surface area contributed by atoms with E-state index in [-0.39, 0.29) is 5.54 Å². The highest BCUT2D eigenvalue weighted by Gasteiger charge is 2.36. The van der Waals surface area contributed by atoms with E-state index in [2.05, 4.69) is 11.9 Å². The first-order valence-electron chi connectivity index (χ1n) is 5.92. The lowest BCUT2D eigenvalue weighted by Crippen LogP contribution is -2.50. The Kier molecular flexibility index (Phi) is 3.42. The molecule has 3 heteroatoms. The molecule has 1 aromatic rings. The van der Waals surface area contributed by atoms with Gasteiger partial charge in [-0.1, -0.05) is 26.2 Å². The van der Waals surface area contributed by atoms with E-state index in [1.165, 1.54) is 37.1 Å². The van der Waals surface area contributed by atoms with Crippen molar-refractivity contribution in [3.63, 3.8) is 0 Å². The van der Waals surface area contributed by atoms with Gasteiger partial charge in [0.05, 0.1) is 5.01 Å². The zero-order valence-electron chi connectivity index (χ0n) is 9.41. The third kappa shape index (κ3) is 2.40. The van der Waals surface area contributed by atoms with Crippen molar-refractivity contribution in [2.75, 3.05) is 0 Å². The average molecular weight is 224 g/mol. The summed E-state index contributed by atoms with van der Waals surface area (Å²) in [6.07, 6.45) is 9.19. The van der Waals surface area contributed by atoms with Gasteiger partial charge in [0.1, 0.15) is 0 Å². The van der Waals surface area contributed by atoms with Crippen LogP contribution < -0.4 is 5.73 Å². The van der Waals surface area contributed by atoms with E-state index in [1.807, 2.05) is 11.6 Å². The Labute approximate surface area is 95.9 Å². The van der Waals surface area contributed by atoms with E-state index in [0.29, 0.717) is 5.92 Å². The molecule has 1 aromatic heterocycles. The molecular formula is C12H20N2S. The number of thiazole rings is 1. The highest BCUT2D eigenvalue weighted by Crippen LogP contribution is 2.36. The molecule has 2 N–H and O–H groups in total. The molecule has 0 aliphatic heterocycles. The minimum atomic E-state index is 0.0187. The van der Waals surface area contributed by atoms with Crippen LogP contribution in [0.4, 0.5) is 0 Å². The van der Waals surface area contributed by atoms with Crippen LogP contribution in [0.3, 0.4) is 0 Å². The molecule has 2 atom stereocenters. The lowest BCUT2D eigenvalue weighted by molar-refractivity contribution is 0.182. The number of aromatic nitrogens is 1. The molecule has 0 aromatic carbocycles. The Morgan fingerprint density at radius 3 is 3.13 bits per heavy atom. The zero-order chi connectivity index (χ0) is 10.7. The Hall–Kier alpha value is -0.410. The first-order valence-corrected chi connectivity index (χ1v) is 6.80. The van der Waals surface area contributed by atoms with Gasteiger partial charge in [-0.05, 0) is 18.8 Å². The van der Waals surface area contributed by atoms with Crippen molar-refractivity contribution < 1.29 is 0 Å². The van der Waals surface area contributed by atoms with E-state index in [1.54, 1.807) is 11.3 Å². The molecule has 15 heavy (non-hydrogen) atoms. The summed E-state index contributed by atoms with van der Waals surface area (Å²) in [4.78, 5) is 4.36. The standard InChI is InChI=1S/C12H20N2S/c1-2-10-5-3-4-6-12(10,13)9-11-14-7-8-15-11/h7-8,10H,2-6,9,13H2,1H3. The molecule has 0 amide bonds. The second kappa shape index (κ2) is 4.62. The van der Waals surface area contributed by atoms with Gasteiger partial charge in [-0.3, -0.25) is 0 Å². The summed E-state index contributed by atoms with van der Waals surface area (Å²) in [6.45, 7) is 2.26. The fourth-order valence-corrected chi connectivity index (χ4v) is 3.55. The van der Waals surface area contributed by atoms with Crippen molar-refractivity contribution >= 4 is 11.3 Å². The van der Waals surface area contributed by atoms with Crippen molar-refractivity contribution in [1.82, 2.24) is 4.98 Å². The summed E-state index contributed by atoms with van der Waals surface area (Å²) >= 11 is 1.74. The van der Waals surface area contributed by atoms with Gasteiger partial charge in [0.25, 0.3) is 0 Å². The van der Waals surface area contributed by atoms with Crippen LogP contribution in [-0.2, 0) is 6.42 Å². The molecule has 0 spiro atoms. The summed E-state index contributed by atoms with van der Waals surface area (Å²) in [5.41, 5.74) is 6.59. The van der Waals surface area contributed by atoms with Crippen LogP contribution in [0.25, 0.3) is 0 Å². The lowest BCUT2D eigenvalue weighted by atomic mass is 9.70. The maximum Gasteiger partial charge on any atom is 0.0943 e. The fraction of sp³-hybridized carbons (Fsp3) is 0.750. The third-order valence-corrected chi connectivity index (χ3v) is 4.49. The number of nitrogens with zero attached hydrogens (tertiary/aromatic N) is 1. The highest BCUT2D eigenvalue weighted by molar-refractivity contribution is 7.09. The SMILES string of the molecule is CCC1CCCCC1(N)Cc1nccs1. The fourth-order valence-electron chi connectivity index (χ4n) is 2.80. The zero-order valence-corrected chi connectivity index (χ0v) is 10.2. The topological polar surface area (TPSA) is 38.9 Å². The Morgan fingerprint density at radius 2 is 2.47 bits per heavy atom. The highest BCUT2D eigenvalue weighted by atomic mass is 32.1. The molecule has 1 saturated carbocycles. The maximum absolute atomic E-state index is 6.57. The van der Waals surface area contributed by atoms with Crippen LogP contribution >= 0.6 is 11.3 Å². The minimum Gasteiger partial charge on any atom is -0.324 e. The summed E-state index contributed by atoms with van der Waals surface area (Å²) in [6, 6.07) is 0. The molecule has 1 heterocycles. The first-order chi connectivity index (χ1) is 7.24. The van der Waals surface area contributed by atoms with Gasteiger partial charge < -0.3 is 5.73 Å². The van der Waals surface area contributed by atoms with Crippen LogP contribution in [0.1, 0.15) is 44.0 Å². The van der Waals surface area contributed by atoms with Gasteiger partial charge in [-0.2, -0.15) is 0 Å². The normalized spacial score (nSPS) is 31.7. The molecule has 0 bridgehead atoms. The van der Waals surface area contributed by atoms with Crippen LogP contribution in [0.15, 0.2) is 11.6 Å². The molecule has 2 nitrogen and oxygen atoms in total. The Balaban J connectivity index is 2.09. The predicted molar refractivity (Wildman–Crippen MR) is 65.0 cm³/mol. The smallest absolute Gasteiger partial charge is 0.0943 e. The van der Waals surface area contributed by atoms with Crippen molar-refractivity contribution in [2.24, 2.45) is 11.7 Å². The van der Waals surface area contributed by atoms with Gasteiger partial charge in [-0.25, -0.2) is 4.98 Å². The minimum absolute atomic E-state index is 0.0187. The number of hydrogen-bond donors (Lipinski definition) is 1. The van der Waals surface area contributed by atoms with Gasteiger partial charge in [0.15, 0.2) is 0 Å². The molecule has 0 radical (unpaired) electrons. The molecule has 2 unspecified atom stereocenters. The van der Waals surface area contributed by atoms with Crippen LogP contribution in [0.2, 0.25) is 0 Å². The predicted octanol–water partition coefficient (Wildman–Crippen LogP) is 2.98. The van der Waals surface area contributed by atoms with Gasteiger partial charge >= 0.3 is 0 Å². The van der Waals surface area contributed by atoms with Crippen LogP contribution in [0, 0.1) is 5.92 Å². The van der Waals surface area contributed by atoms with Crippen molar-refractivity contribution in [3.8, 4) is 0 Å². The van der Waals surface area contributed by atoms with E-state index in [0.717, 1.165) is 6.42 Å². The molecule has 2 rings (SSSR count). The van der Waals surface area contributed by atoms with Gasteiger partial charge in [0.2, 0.25) is 0 Å². The summed E-state index contributed by atoms with van der Waals surface area (Å²) in [7, 11) is 0. The maximum atomic E-state index is 6.57. The number of rotatable bonds is 3. The Morgan fingerprint density at radius 1 is 1.60 bits per heavy atom. The number of hydrogen-bond acceptors (Lipinski definition) is 3. The van der Waals surface area contributed by atoms with Crippen molar-refractivity contribution in [2.45, 2.75) is 51.0 Å². The van der Waals surface area contributed by atoms with Crippen LogP contribution in [0.5, 0.6) is 0 Å². The van der Waals surface area contributed by atoms with E-state index in [9.17, 15) is 0 Å². The summed E-state index contributed by atoms with van der Waals surface area (Å²) in [5.74, 6) is 0.690. The van der Waals surface area contributed by atoms with Crippen LogP contribution in [-0.4, -0.2) is 10.5 Å². The molecule has 84 valence electrons. The first kappa shape index (κ1) is 11.1. The largest absolute Gasteiger partial charge is 0.324 e. The Bertz CT molecular complexity index is 297. The van der Waals surface area contributed by atoms with E-state index in [4.69, 9.17) is 5.73 Å². The monoisotopic (exact) mass is 224 g/mol. The second-order valence-electron chi connectivity index (χ2n) is 4.69.